The highest BCUT2D eigenvalue weighted by molar-refractivity contribution is 5.92. The number of hydrogen-bond donors (Lipinski definition) is 1. The Labute approximate surface area is 111 Å². The second kappa shape index (κ2) is 5.52. The summed E-state index contributed by atoms with van der Waals surface area (Å²) in [7, 11) is 0. The van der Waals surface area contributed by atoms with Gasteiger partial charge in [0.25, 0.3) is 5.91 Å². The molecule has 2 aromatic rings. The van der Waals surface area contributed by atoms with Gasteiger partial charge in [-0.3, -0.25) is 9.59 Å². The topological polar surface area (TPSA) is 59.3 Å². The predicted molar refractivity (Wildman–Crippen MR) is 72.1 cm³/mol. The molecular weight excluding hydrogens is 242 g/mol. The number of benzene rings is 1. The van der Waals surface area contributed by atoms with E-state index in [-0.39, 0.29) is 17.1 Å². The van der Waals surface area contributed by atoms with Crippen molar-refractivity contribution in [3.05, 3.63) is 69.3 Å². The summed E-state index contributed by atoms with van der Waals surface area (Å²) in [5.74, 6) is -0.301. The van der Waals surface area contributed by atoms with Gasteiger partial charge < -0.3 is 9.73 Å². The summed E-state index contributed by atoms with van der Waals surface area (Å²) in [4.78, 5) is 23.7. The zero-order valence-electron chi connectivity index (χ0n) is 10.9. The van der Waals surface area contributed by atoms with Crippen LogP contribution in [-0.4, -0.2) is 5.91 Å². The maximum Gasteiger partial charge on any atom is 0.287 e. The van der Waals surface area contributed by atoms with E-state index in [1.165, 1.54) is 6.26 Å². The van der Waals surface area contributed by atoms with Crippen molar-refractivity contribution in [2.45, 2.75) is 20.4 Å². The van der Waals surface area contributed by atoms with Gasteiger partial charge in [0.2, 0.25) is 0 Å². The van der Waals surface area contributed by atoms with E-state index in [0.29, 0.717) is 17.7 Å². The van der Waals surface area contributed by atoms with E-state index in [1.54, 1.807) is 13.8 Å². The summed E-state index contributed by atoms with van der Waals surface area (Å²) in [6.07, 6.45) is 1.31. The maximum atomic E-state index is 12.0. The summed E-state index contributed by atoms with van der Waals surface area (Å²) in [5.41, 5.74) is 1.67. The molecule has 1 heterocycles. The minimum atomic E-state index is -0.376. The van der Waals surface area contributed by atoms with Crippen molar-refractivity contribution in [1.29, 1.82) is 0 Å². The lowest BCUT2D eigenvalue weighted by molar-refractivity contribution is 0.0919. The molecule has 0 aliphatic rings. The Hall–Kier alpha value is -2.36. The molecule has 98 valence electrons. The average molecular weight is 257 g/mol. The number of amides is 1. The average Bonchev–Trinajstić information content (AvgIpc) is 2.43. The summed E-state index contributed by atoms with van der Waals surface area (Å²) >= 11 is 0. The monoisotopic (exact) mass is 257 g/mol. The summed E-state index contributed by atoms with van der Waals surface area (Å²) < 4.78 is 5.21. The van der Waals surface area contributed by atoms with Gasteiger partial charge in [0, 0.05) is 17.7 Å². The van der Waals surface area contributed by atoms with Crippen LogP contribution in [0.25, 0.3) is 0 Å². The molecular formula is C15H15NO3. The number of rotatable bonds is 3. The molecule has 19 heavy (non-hydrogen) atoms. The molecule has 0 aliphatic heterocycles. The molecule has 1 N–H and O–H groups in total. The van der Waals surface area contributed by atoms with E-state index in [2.05, 4.69) is 5.32 Å². The smallest absolute Gasteiger partial charge is 0.287 e. The Morgan fingerprint density at radius 2 is 1.89 bits per heavy atom. The standard InChI is InChI=1S/C15H15NO3/c1-10-9-19-14(11(2)13(10)17)15(18)16-8-12-6-4-3-5-7-12/h3-7,9H,8H2,1-2H3,(H,16,18). The lowest BCUT2D eigenvalue weighted by Gasteiger charge is -2.06. The Bertz CT molecular complexity index is 644. The minimum absolute atomic E-state index is 0.0755. The van der Waals surface area contributed by atoms with E-state index < -0.39 is 0 Å². The van der Waals surface area contributed by atoms with Gasteiger partial charge in [0.05, 0.1) is 6.26 Å². The highest BCUT2D eigenvalue weighted by Crippen LogP contribution is 2.05. The van der Waals surface area contributed by atoms with Gasteiger partial charge in [0.15, 0.2) is 11.2 Å². The number of aryl methyl sites for hydroxylation is 1. The van der Waals surface area contributed by atoms with E-state index in [0.717, 1.165) is 5.56 Å². The first-order valence-corrected chi connectivity index (χ1v) is 6.00. The largest absolute Gasteiger partial charge is 0.458 e. The van der Waals surface area contributed by atoms with Crippen molar-refractivity contribution in [2.24, 2.45) is 0 Å². The molecule has 0 atom stereocenters. The van der Waals surface area contributed by atoms with Crippen molar-refractivity contribution in [3.63, 3.8) is 0 Å². The van der Waals surface area contributed by atoms with Gasteiger partial charge in [0.1, 0.15) is 0 Å². The number of carbonyl (C=O) groups excluding carboxylic acids is 1. The van der Waals surface area contributed by atoms with Gasteiger partial charge in [-0.25, -0.2) is 0 Å². The van der Waals surface area contributed by atoms with E-state index in [1.807, 2.05) is 30.3 Å². The third kappa shape index (κ3) is 2.91. The first kappa shape index (κ1) is 13.1. The maximum absolute atomic E-state index is 12.0. The van der Waals surface area contributed by atoms with E-state index >= 15 is 0 Å². The Morgan fingerprint density at radius 1 is 1.21 bits per heavy atom. The fourth-order valence-electron chi connectivity index (χ4n) is 1.77. The van der Waals surface area contributed by atoms with Crippen LogP contribution in [0.4, 0.5) is 0 Å². The van der Waals surface area contributed by atoms with Crippen LogP contribution in [0.3, 0.4) is 0 Å². The van der Waals surface area contributed by atoms with Crippen molar-refractivity contribution in [2.75, 3.05) is 0 Å². The molecule has 1 aromatic carbocycles. The number of nitrogens with one attached hydrogen (secondary N) is 1. The van der Waals surface area contributed by atoms with Crippen molar-refractivity contribution < 1.29 is 9.21 Å². The second-order valence-corrected chi connectivity index (χ2v) is 4.37. The normalized spacial score (nSPS) is 10.2. The highest BCUT2D eigenvalue weighted by Gasteiger charge is 2.15. The van der Waals surface area contributed by atoms with Gasteiger partial charge in [-0.1, -0.05) is 30.3 Å². The lowest BCUT2D eigenvalue weighted by Crippen LogP contribution is -2.26. The Morgan fingerprint density at radius 3 is 2.58 bits per heavy atom. The van der Waals surface area contributed by atoms with Gasteiger partial charge in [-0.15, -0.1) is 0 Å². The lowest BCUT2D eigenvalue weighted by atomic mass is 10.1. The second-order valence-electron chi connectivity index (χ2n) is 4.37. The summed E-state index contributed by atoms with van der Waals surface area (Å²) in [5, 5.41) is 2.73. The fourth-order valence-corrected chi connectivity index (χ4v) is 1.77. The van der Waals surface area contributed by atoms with Crippen LogP contribution in [0.2, 0.25) is 0 Å². The van der Waals surface area contributed by atoms with Crippen molar-refractivity contribution in [3.8, 4) is 0 Å². The zero-order valence-corrected chi connectivity index (χ0v) is 10.9. The first-order chi connectivity index (χ1) is 9.09. The van der Waals surface area contributed by atoms with Crippen LogP contribution < -0.4 is 10.7 Å². The predicted octanol–water partition coefficient (Wildman–Crippen LogP) is 2.19. The molecule has 4 heteroatoms. The molecule has 1 aromatic heterocycles. The van der Waals surface area contributed by atoms with Crippen LogP contribution in [-0.2, 0) is 6.54 Å². The molecule has 4 nitrogen and oxygen atoms in total. The third-order valence-electron chi connectivity index (χ3n) is 2.90. The molecule has 1 amide bonds. The summed E-state index contributed by atoms with van der Waals surface area (Å²) in [6.45, 7) is 3.65. The molecule has 0 spiro atoms. The SMILES string of the molecule is Cc1coc(C(=O)NCc2ccccc2)c(C)c1=O. The third-order valence-corrected chi connectivity index (χ3v) is 2.90. The minimum Gasteiger partial charge on any atom is -0.458 e. The van der Waals surface area contributed by atoms with Crippen LogP contribution in [0, 0.1) is 13.8 Å². The molecule has 0 aliphatic carbocycles. The van der Waals surface area contributed by atoms with Gasteiger partial charge >= 0.3 is 0 Å². The summed E-state index contributed by atoms with van der Waals surface area (Å²) in [6, 6.07) is 9.54. The number of carbonyl (C=O) groups is 1. The van der Waals surface area contributed by atoms with E-state index in [9.17, 15) is 9.59 Å². The van der Waals surface area contributed by atoms with Crippen LogP contribution in [0.5, 0.6) is 0 Å². The van der Waals surface area contributed by atoms with E-state index in [4.69, 9.17) is 4.42 Å². The molecule has 0 saturated carbocycles. The molecule has 2 rings (SSSR count). The van der Waals surface area contributed by atoms with Gasteiger partial charge in [-0.05, 0) is 19.4 Å². The first-order valence-electron chi connectivity index (χ1n) is 6.00. The fraction of sp³-hybridized carbons (Fsp3) is 0.200. The Balaban J connectivity index is 2.13. The van der Waals surface area contributed by atoms with Crippen LogP contribution in [0.1, 0.15) is 27.2 Å². The zero-order chi connectivity index (χ0) is 13.8. The quantitative estimate of drug-likeness (QED) is 0.916. The van der Waals surface area contributed by atoms with Crippen LogP contribution >= 0.6 is 0 Å². The molecule has 0 radical (unpaired) electrons. The van der Waals surface area contributed by atoms with Gasteiger partial charge in [-0.2, -0.15) is 0 Å². The highest BCUT2D eigenvalue weighted by atomic mass is 16.3. The molecule has 0 unspecified atom stereocenters. The molecule has 0 fully saturated rings. The van der Waals surface area contributed by atoms with Crippen molar-refractivity contribution >= 4 is 5.91 Å². The van der Waals surface area contributed by atoms with Crippen molar-refractivity contribution in [1.82, 2.24) is 5.32 Å². The molecule has 0 saturated heterocycles. The molecule has 0 bridgehead atoms. The number of hydrogen-bond acceptors (Lipinski definition) is 3. The Kier molecular flexibility index (Phi) is 3.80. The van der Waals surface area contributed by atoms with Crippen LogP contribution in [0.15, 0.2) is 45.8 Å².